The van der Waals surface area contributed by atoms with E-state index in [9.17, 15) is 84.7 Å². The van der Waals surface area contributed by atoms with Crippen LogP contribution in [0.15, 0.2) is 122 Å². The van der Waals surface area contributed by atoms with Gasteiger partial charge in [-0.25, -0.2) is 74.7 Å². The molecule has 8 amide bonds. The van der Waals surface area contributed by atoms with Crippen molar-refractivity contribution in [3.8, 4) is 0 Å². The number of likely N-dealkylation sites (tertiary alicyclic amines) is 3. The van der Waals surface area contributed by atoms with Gasteiger partial charge in [0.2, 0.25) is 26.0 Å². The van der Waals surface area contributed by atoms with Gasteiger partial charge in [0.25, 0.3) is 28.2 Å². The zero-order valence-corrected chi connectivity index (χ0v) is 64.8. The molecule has 5 aromatic heterocycles. The minimum atomic E-state index is -3.77. The van der Waals surface area contributed by atoms with E-state index in [0.717, 1.165) is 95.4 Å². The number of amides is 8. The van der Waals surface area contributed by atoms with Gasteiger partial charge in [-0.3, -0.25) is 70.6 Å². The molecule has 4 saturated heterocycles. The number of allylic oxidation sites excluding steroid dienone is 1. The zero-order valence-electron chi connectivity index (χ0n) is 60.9. The van der Waals surface area contributed by atoms with Gasteiger partial charge in [-0.1, -0.05) is 43.6 Å². The lowest BCUT2D eigenvalue weighted by atomic mass is 10.1. The summed E-state index contributed by atoms with van der Waals surface area (Å²) in [5.41, 5.74) is 9.30. The Balaban J connectivity index is 0.000000247. The van der Waals surface area contributed by atoms with Gasteiger partial charge in [-0.15, -0.1) is 0 Å². The van der Waals surface area contributed by atoms with Crippen molar-refractivity contribution in [2.24, 2.45) is 0 Å². The number of hydrogen-bond donors (Lipinski definition) is 10. The number of halogens is 5. The van der Waals surface area contributed by atoms with Crippen molar-refractivity contribution >= 4 is 159 Å². The second kappa shape index (κ2) is 46.0. The average Bonchev–Trinajstić information content (AvgIpc) is 1.29. The molecular weight excluding hydrogens is 1590 g/mol. The zero-order chi connectivity index (χ0) is 83.4. The summed E-state index contributed by atoms with van der Waals surface area (Å²) < 4.78 is 84.3. The molecule has 4 aliphatic heterocycles. The smallest absolute Gasteiger partial charge is 0.416 e. The molecule has 11 rings (SSSR count). The first-order valence-corrected chi connectivity index (χ1v) is 38.6. The summed E-state index contributed by atoms with van der Waals surface area (Å²) in [7, 11) is -7.42. The number of nitrogens with two attached hydrogens (primary N) is 2. The van der Waals surface area contributed by atoms with Gasteiger partial charge in [-0.05, 0) is 150 Å². The van der Waals surface area contributed by atoms with Crippen molar-refractivity contribution in [2.45, 2.75) is 85.0 Å². The van der Waals surface area contributed by atoms with E-state index >= 15 is 0 Å². The molecule has 46 heteroatoms. The molecule has 39 nitrogen and oxygen atoms in total. The number of carbonyl (C=O) groups is 6. The number of ether oxygens (including phenoxy) is 1. The molecule has 0 atom stereocenters. The summed E-state index contributed by atoms with van der Waals surface area (Å²) in [5, 5.41) is 45.1. The van der Waals surface area contributed by atoms with Gasteiger partial charge in [0, 0.05) is 57.5 Å². The highest BCUT2D eigenvalue weighted by Crippen LogP contribution is 2.30. The number of urea groups is 3. The average molecular weight is 1680 g/mol. The van der Waals surface area contributed by atoms with Crippen LogP contribution in [0, 0.1) is 42.0 Å². The quantitative estimate of drug-likeness (QED) is 0.0156. The third-order valence-corrected chi connectivity index (χ3v) is 18.8. The number of carbonyl (C=O) groups excluding carboxylic acids is 6. The molecular formula is C67H81Cl3F2N22O17S2. The maximum absolute atomic E-state index is 14.9. The summed E-state index contributed by atoms with van der Waals surface area (Å²) in [4.78, 5) is 127. The molecule has 0 saturated carbocycles. The number of nitrogen functional groups attached to an aromatic ring is 2. The molecule has 608 valence electrons. The Morgan fingerprint density at radius 1 is 0.531 bits per heavy atom. The largest absolute Gasteiger partial charge is 0.417 e. The molecule has 2 aromatic carbocycles. The Morgan fingerprint density at radius 2 is 0.920 bits per heavy atom. The monoisotopic (exact) mass is 1670 g/mol. The van der Waals surface area contributed by atoms with E-state index in [1.807, 2.05) is 4.72 Å². The van der Waals surface area contributed by atoms with E-state index in [1.165, 1.54) is 100.0 Å². The SMILES string of the molecule is C1CCNC1.C=C(C)OC(=O)Nc1ccc([N+](=O)[O-])cn1.CCCS(=O)(=O)Nc1ccc(Cl)c(C(=O)Cl)c1F.CCCS(=O)(=O)Nc1ccc(Cl)c(C(=O)Nc2cnc(NC(=O)N3CCCC3)nc2)c1F.Nc1ccc(NC(=O)N2CCCC2)nc1.Nc1ccc([N+](=O)[O-])cn1.O=C(Nc1ccc([N+](=O)[O-])cn1)N1CCCC1. The fraction of sp³-hybridized carbons (Fsp3) is 0.343. The molecule has 0 spiro atoms. The van der Waals surface area contributed by atoms with Crippen LogP contribution in [0.3, 0.4) is 0 Å². The standard InChI is InChI=1S/C19H22ClFN6O4S.C10H10Cl2FNO3S.C10H12N4O3.C10H14N4O.C9H9N3O4.C5H5N3O2.C4H9N/c1-2-9-32(30,31)26-14-6-5-13(20)15(16(14)21)17(28)24-12-10-22-18(23-11-12)25-19(29)27-7-3-4-8-27;1-2-5-18(16,17)14-7-4-3-6(11)8(9(7)13)10(12)15;15-10(13-5-1-2-6-13)12-9-4-3-8(7-11-9)14(16)17;11-8-3-4-9(12-7-8)13-10(15)14-5-1-2-6-14;1-6(2)16-9(13)11-8-4-3-7(5-10-8)12(14)15;6-5-2-1-4(3-7-5)8(9)10;1-2-4-5-3-1/h5-6,10-11,26H,2-4,7-9H2,1H3,(H,24,28)(H,22,23,25,29);3-4,14H,2,5H2,1H3;3-4,7H,1-2,5-6H2,(H,11,12,15);3-4,7H,1-2,5-6,11H2,(H,12,13,15);3-5H,1H2,2H3,(H,10,11,13);1-3H,(H2,6,7);5H,1-4H2. The van der Waals surface area contributed by atoms with Gasteiger partial charge in [-0.2, -0.15) is 0 Å². The maximum Gasteiger partial charge on any atom is 0.417 e. The molecule has 9 heterocycles. The van der Waals surface area contributed by atoms with E-state index in [2.05, 4.69) is 77.8 Å². The number of aromatic nitrogens is 6. The lowest BCUT2D eigenvalue weighted by Gasteiger charge is -2.15. The summed E-state index contributed by atoms with van der Waals surface area (Å²) >= 11 is 16.8. The van der Waals surface area contributed by atoms with Crippen LogP contribution in [0.4, 0.5) is 97.0 Å². The van der Waals surface area contributed by atoms with E-state index in [-0.39, 0.29) is 97.1 Å². The number of sulfonamides is 2. The first-order valence-electron chi connectivity index (χ1n) is 34.2. The highest BCUT2D eigenvalue weighted by Gasteiger charge is 2.26. The first kappa shape index (κ1) is 91.7. The number of nitro groups is 3. The predicted octanol–water partition coefficient (Wildman–Crippen LogP) is 12.2. The lowest BCUT2D eigenvalue weighted by molar-refractivity contribution is -0.385. The van der Waals surface area contributed by atoms with Gasteiger partial charge in [0.05, 0.1) is 94.5 Å². The predicted molar refractivity (Wildman–Crippen MR) is 421 cm³/mol. The first-order chi connectivity index (χ1) is 53.6. The topological polar surface area (TPSA) is 545 Å². The second-order valence-corrected chi connectivity index (χ2v) is 28.8. The van der Waals surface area contributed by atoms with E-state index in [4.69, 9.17) is 46.3 Å². The van der Waals surface area contributed by atoms with Crippen LogP contribution >= 0.6 is 34.8 Å². The Bertz CT molecular complexity index is 4650. The molecule has 4 aliphatic rings. The fourth-order valence-corrected chi connectivity index (χ4v) is 12.6. The molecule has 4 fully saturated rings. The Hall–Kier alpha value is -11.9. The molecule has 113 heavy (non-hydrogen) atoms. The van der Waals surface area contributed by atoms with Gasteiger partial charge in [0.15, 0.2) is 11.6 Å². The van der Waals surface area contributed by atoms with Crippen LogP contribution in [0.5, 0.6) is 0 Å². The minimum absolute atomic E-state index is 0.0470. The van der Waals surface area contributed by atoms with Gasteiger partial charge < -0.3 is 41.5 Å². The summed E-state index contributed by atoms with van der Waals surface area (Å²) in [6.45, 7) is 15.2. The molecule has 7 aromatic rings. The number of nitrogens with zero attached hydrogens (tertiary/aromatic N) is 12. The van der Waals surface area contributed by atoms with Crippen LogP contribution in [0.25, 0.3) is 0 Å². The highest BCUT2D eigenvalue weighted by atomic mass is 35.5. The molecule has 0 radical (unpaired) electrons. The van der Waals surface area contributed by atoms with Crippen molar-refractivity contribution < 1.29 is 73.9 Å². The van der Waals surface area contributed by atoms with Crippen LogP contribution < -0.4 is 52.8 Å². The lowest BCUT2D eigenvalue weighted by Crippen LogP contribution is -2.32. The van der Waals surface area contributed by atoms with Crippen LogP contribution in [-0.2, 0) is 24.8 Å². The number of anilines is 9. The Labute approximate surface area is 661 Å². The van der Waals surface area contributed by atoms with Crippen molar-refractivity contribution in [3.05, 3.63) is 185 Å². The van der Waals surface area contributed by atoms with E-state index < -0.39 is 74.8 Å². The van der Waals surface area contributed by atoms with Crippen molar-refractivity contribution in [1.29, 1.82) is 0 Å². The van der Waals surface area contributed by atoms with Crippen molar-refractivity contribution in [3.63, 3.8) is 0 Å². The van der Waals surface area contributed by atoms with E-state index in [1.54, 1.807) is 40.7 Å². The number of nitrogens with one attached hydrogen (secondary N) is 8. The Morgan fingerprint density at radius 3 is 1.27 bits per heavy atom. The third kappa shape index (κ3) is 32.5. The summed E-state index contributed by atoms with van der Waals surface area (Å²) in [6.07, 6.45) is 16.1. The van der Waals surface area contributed by atoms with Gasteiger partial charge >= 0.3 is 24.2 Å². The van der Waals surface area contributed by atoms with Gasteiger partial charge in [0.1, 0.15) is 41.9 Å². The molecule has 0 bridgehead atoms. The second-order valence-electron chi connectivity index (χ2n) is 24.0. The Kier molecular flexibility index (Phi) is 37.3. The fourth-order valence-electron chi connectivity index (χ4n) is 9.62. The minimum Gasteiger partial charge on any atom is -0.416 e. The summed E-state index contributed by atoms with van der Waals surface area (Å²) in [6, 6.07) is 15.5. The molecule has 0 unspecified atom stereocenters. The number of hydrogen-bond acceptors (Lipinski definition) is 26. The molecule has 0 aliphatic carbocycles. The molecule has 12 N–H and O–H groups in total. The van der Waals surface area contributed by atoms with Crippen molar-refractivity contribution in [2.75, 3.05) is 111 Å². The van der Waals surface area contributed by atoms with Crippen molar-refractivity contribution in [1.82, 2.24) is 49.9 Å². The highest BCUT2D eigenvalue weighted by molar-refractivity contribution is 7.93. The van der Waals surface area contributed by atoms with Crippen LogP contribution in [0.2, 0.25) is 10.0 Å². The maximum atomic E-state index is 14.9. The van der Waals surface area contributed by atoms with Crippen LogP contribution in [0.1, 0.15) is 106 Å². The van der Waals surface area contributed by atoms with Crippen LogP contribution in [-0.4, -0.2) is 175 Å². The number of benzene rings is 2. The summed E-state index contributed by atoms with van der Waals surface area (Å²) in [5.74, 6) is -1.85. The third-order valence-electron chi connectivity index (χ3n) is 15.0. The number of pyridine rings is 4. The van der Waals surface area contributed by atoms with E-state index in [0.29, 0.717) is 43.3 Å². The normalized spacial score (nSPS) is 13.1. The number of rotatable bonds is 19.